The number of allylic oxidation sites excluding steroid dienone is 2. The van der Waals surface area contributed by atoms with Gasteiger partial charge in [0.15, 0.2) is 11.6 Å². The Morgan fingerprint density at radius 3 is 2.61 bits per heavy atom. The van der Waals surface area contributed by atoms with E-state index in [0.29, 0.717) is 0 Å². The first kappa shape index (κ1) is 13.7. The molecule has 1 aliphatic rings. The van der Waals surface area contributed by atoms with Crippen LogP contribution in [0.2, 0.25) is 0 Å². The number of rotatable bonds is 2. The molecule has 0 N–H and O–H groups in total. The third-order valence-electron chi connectivity index (χ3n) is 4.14. The molecule has 0 saturated carbocycles. The molecular formula is C20H17NO2. The number of anilines is 1. The van der Waals surface area contributed by atoms with Crippen LogP contribution in [-0.2, 0) is 0 Å². The van der Waals surface area contributed by atoms with E-state index in [2.05, 4.69) is 13.0 Å². The van der Waals surface area contributed by atoms with Crippen LogP contribution in [-0.4, -0.2) is 7.05 Å². The monoisotopic (exact) mass is 303 g/mol. The molecule has 1 aliphatic heterocycles. The van der Waals surface area contributed by atoms with Crippen LogP contribution in [0.4, 0.5) is 5.69 Å². The highest BCUT2D eigenvalue weighted by molar-refractivity contribution is 5.84. The number of fused-ring (bicyclic) bond motifs is 2. The average molecular weight is 303 g/mol. The largest absolute Gasteiger partial charge is 0.456 e. The molecule has 0 bridgehead atoms. The highest BCUT2D eigenvalue weighted by Crippen LogP contribution is 2.37. The van der Waals surface area contributed by atoms with E-state index in [0.717, 1.165) is 39.6 Å². The van der Waals surface area contributed by atoms with Crippen LogP contribution in [0.5, 0.6) is 5.75 Å². The van der Waals surface area contributed by atoms with Crippen molar-refractivity contribution >= 4 is 22.7 Å². The molecule has 0 radical (unpaired) electrons. The van der Waals surface area contributed by atoms with Crippen molar-refractivity contribution in [1.82, 2.24) is 0 Å². The van der Waals surface area contributed by atoms with Crippen molar-refractivity contribution in [2.24, 2.45) is 0 Å². The fourth-order valence-electron chi connectivity index (χ4n) is 2.84. The zero-order valence-electron chi connectivity index (χ0n) is 13.1. The van der Waals surface area contributed by atoms with Gasteiger partial charge < -0.3 is 14.1 Å². The molecule has 4 rings (SSSR count). The highest BCUT2D eigenvalue weighted by atomic mass is 16.5. The van der Waals surface area contributed by atoms with Gasteiger partial charge in [0, 0.05) is 18.0 Å². The normalized spacial score (nSPS) is 15.6. The Morgan fingerprint density at radius 1 is 1.00 bits per heavy atom. The van der Waals surface area contributed by atoms with Crippen LogP contribution >= 0.6 is 0 Å². The van der Waals surface area contributed by atoms with Crippen molar-refractivity contribution in [3.63, 3.8) is 0 Å². The molecule has 0 spiro atoms. The minimum Gasteiger partial charge on any atom is -0.456 e. The topological polar surface area (TPSA) is 25.6 Å². The molecule has 0 fully saturated rings. The van der Waals surface area contributed by atoms with Crippen molar-refractivity contribution in [2.45, 2.75) is 6.92 Å². The van der Waals surface area contributed by atoms with Crippen LogP contribution in [0, 0.1) is 6.92 Å². The lowest BCUT2D eigenvalue weighted by Gasteiger charge is -2.09. The molecule has 0 atom stereocenters. The summed E-state index contributed by atoms with van der Waals surface area (Å²) in [7, 11) is 2.00. The summed E-state index contributed by atoms with van der Waals surface area (Å²) in [6.07, 6.45) is 5.89. The quantitative estimate of drug-likeness (QED) is 0.656. The van der Waals surface area contributed by atoms with Crippen molar-refractivity contribution < 1.29 is 9.15 Å². The number of furan rings is 1. The van der Waals surface area contributed by atoms with E-state index in [9.17, 15) is 0 Å². The SMILES string of the molecule is Cc1c(/C=C/C=C2\Oc3ccccc3N2C)oc2ccccc12. The summed E-state index contributed by atoms with van der Waals surface area (Å²) >= 11 is 0. The number of aryl methyl sites for hydroxylation is 1. The zero-order valence-corrected chi connectivity index (χ0v) is 13.1. The van der Waals surface area contributed by atoms with Crippen molar-refractivity contribution in [1.29, 1.82) is 0 Å². The molecule has 3 aromatic rings. The maximum absolute atomic E-state index is 5.88. The van der Waals surface area contributed by atoms with Gasteiger partial charge in [0.05, 0.1) is 5.69 Å². The average Bonchev–Trinajstić information content (AvgIpc) is 3.07. The second-order valence-electron chi connectivity index (χ2n) is 5.58. The van der Waals surface area contributed by atoms with E-state index in [1.165, 1.54) is 0 Å². The van der Waals surface area contributed by atoms with Gasteiger partial charge in [0.1, 0.15) is 11.3 Å². The molecule has 23 heavy (non-hydrogen) atoms. The summed E-state index contributed by atoms with van der Waals surface area (Å²) in [5.74, 6) is 2.56. The number of hydrogen-bond acceptors (Lipinski definition) is 3. The number of nitrogens with zero attached hydrogens (tertiary/aromatic N) is 1. The number of ether oxygens (including phenoxy) is 1. The summed E-state index contributed by atoms with van der Waals surface area (Å²) in [6.45, 7) is 2.08. The summed E-state index contributed by atoms with van der Waals surface area (Å²) in [5, 5.41) is 1.15. The first-order chi connectivity index (χ1) is 11.2. The Kier molecular flexibility index (Phi) is 3.19. The fraction of sp³-hybridized carbons (Fsp3) is 0.100. The van der Waals surface area contributed by atoms with Gasteiger partial charge in [-0.1, -0.05) is 36.4 Å². The Labute approximate surface area is 135 Å². The van der Waals surface area contributed by atoms with Gasteiger partial charge in [0.25, 0.3) is 0 Å². The standard InChI is InChI=1S/C20H17NO2/c1-14-15-8-3-5-10-18(15)22-17(14)12-7-13-20-21(2)16-9-4-6-11-19(16)23-20/h3-13H,1-2H3/b12-7+,20-13-. The van der Waals surface area contributed by atoms with Crippen LogP contribution in [0.15, 0.2) is 71.0 Å². The van der Waals surface area contributed by atoms with Gasteiger partial charge >= 0.3 is 0 Å². The van der Waals surface area contributed by atoms with Crippen LogP contribution in [0.25, 0.3) is 17.0 Å². The molecule has 114 valence electrons. The first-order valence-corrected chi connectivity index (χ1v) is 7.61. The lowest BCUT2D eigenvalue weighted by Crippen LogP contribution is -2.12. The highest BCUT2D eigenvalue weighted by Gasteiger charge is 2.21. The van der Waals surface area contributed by atoms with E-state index in [1.807, 2.05) is 72.6 Å². The van der Waals surface area contributed by atoms with Crippen LogP contribution < -0.4 is 9.64 Å². The second kappa shape index (κ2) is 5.36. The van der Waals surface area contributed by atoms with Gasteiger partial charge in [-0.3, -0.25) is 0 Å². The van der Waals surface area contributed by atoms with E-state index in [4.69, 9.17) is 9.15 Å². The summed E-state index contributed by atoms with van der Waals surface area (Å²) in [6, 6.07) is 16.1. The summed E-state index contributed by atoms with van der Waals surface area (Å²) in [5.41, 5.74) is 3.14. The minimum absolute atomic E-state index is 0.802. The molecule has 1 aromatic heterocycles. The van der Waals surface area contributed by atoms with Crippen molar-refractivity contribution in [2.75, 3.05) is 11.9 Å². The summed E-state index contributed by atoms with van der Waals surface area (Å²) < 4.78 is 11.7. The number of para-hydroxylation sites is 3. The molecular weight excluding hydrogens is 286 g/mol. The lowest BCUT2D eigenvalue weighted by molar-refractivity contribution is 0.444. The molecule has 0 saturated heterocycles. The first-order valence-electron chi connectivity index (χ1n) is 7.61. The van der Waals surface area contributed by atoms with E-state index in [-0.39, 0.29) is 0 Å². The van der Waals surface area contributed by atoms with Gasteiger partial charge in [-0.2, -0.15) is 0 Å². The summed E-state index contributed by atoms with van der Waals surface area (Å²) in [4.78, 5) is 2.03. The predicted octanol–water partition coefficient (Wildman–Crippen LogP) is 5.12. The molecule has 3 nitrogen and oxygen atoms in total. The molecule has 0 unspecified atom stereocenters. The van der Waals surface area contributed by atoms with E-state index in [1.54, 1.807) is 0 Å². The minimum atomic E-state index is 0.802. The van der Waals surface area contributed by atoms with Crippen LogP contribution in [0.1, 0.15) is 11.3 Å². The Balaban J connectivity index is 1.61. The zero-order chi connectivity index (χ0) is 15.8. The molecule has 2 heterocycles. The maximum Gasteiger partial charge on any atom is 0.200 e. The molecule has 0 amide bonds. The lowest BCUT2D eigenvalue weighted by atomic mass is 10.1. The third kappa shape index (κ3) is 2.30. The Hall–Kier alpha value is -2.94. The number of benzene rings is 2. The van der Waals surface area contributed by atoms with Crippen molar-refractivity contribution in [3.8, 4) is 5.75 Å². The number of hydrogen-bond donors (Lipinski definition) is 0. The van der Waals surface area contributed by atoms with E-state index < -0.39 is 0 Å². The fourth-order valence-corrected chi connectivity index (χ4v) is 2.84. The predicted molar refractivity (Wildman–Crippen MR) is 93.5 cm³/mol. The van der Waals surface area contributed by atoms with Gasteiger partial charge in [0.2, 0.25) is 0 Å². The van der Waals surface area contributed by atoms with Gasteiger partial charge in [-0.05, 0) is 37.3 Å². The maximum atomic E-state index is 5.88. The van der Waals surface area contributed by atoms with Gasteiger partial charge in [-0.15, -0.1) is 0 Å². The molecule has 3 heteroatoms. The Morgan fingerprint density at radius 2 is 1.78 bits per heavy atom. The van der Waals surface area contributed by atoms with Crippen molar-refractivity contribution in [3.05, 3.63) is 77.9 Å². The second-order valence-corrected chi connectivity index (χ2v) is 5.58. The molecule has 2 aromatic carbocycles. The third-order valence-corrected chi connectivity index (χ3v) is 4.14. The smallest absolute Gasteiger partial charge is 0.200 e. The molecule has 0 aliphatic carbocycles. The van der Waals surface area contributed by atoms with Crippen LogP contribution in [0.3, 0.4) is 0 Å². The van der Waals surface area contributed by atoms with Gasteiger partial charge in [-0.25, -0.2) is 0 Å². The Bertz CT molecular complexity index is 934. The van der Waals surface area contributed by atoms with E-state index >= 15 is 0 Å².